The number of hydrogen-bond acceptors (Lipinski definition) is 5. The van der Waals surface area contributed by atoms with E-state index in [4.69, 9.17) is 0 Å². The molecule has 0 unspecified atom stereocenters. The molecular formula is C11H14NNaO5. The molecule has 7 heteroatoms. The molecule has 0 aromatic rings. The molecule has 2 aliphatic heterocycles. The molecule has 2 aliphatic rings. The summed E-state index contributed by atoms with van der Waals surface area (Å²) in [5.41, 5.74) is 0.0680. The van der Waals surface area contributed by atoms with Gasteiger partial charge in [0.1, 0.15) is 0 Å². The fourth-order valence-corrected chi connectivity index (χ4v) is 2.84. The molecule has 0 bridgehead atoms. The van der Waals surface area contributed by atoms with E-state index in [1.807, 2.05) is 0 Å². The Bertz CT molecular complexity index is 420. The summed E-state index contributed by atoms with van der Waals surface area (Å²) in [6.07, 6.45) is -0.827. The molecule has 94 valence electrons. The second-order valence-electron chi connectivity index (χ2n) is 4.57. The molecule has 1 fully saturated rings. The average Bonchev–Trinajstić information content (AvgIpc) is 2.47. The van der Waals surface area contributed by atoms with Crippen molar-refractivity contribution < 1.29 is 54.5 Å². The molecule has 2 heterocycles. The number of rotatable bonds is 3. The summed E-state index contributed by atoms with van der Waals surface area (Å²) in [5, 5.41) is 29.7. The monoisotopic (exact) mass is 263 g/mol. The van der Waals surface area contributed by atoms with E-state index >= 15 is 0 Å². The van der Waals surface area contributed by atoms with Gasteiger partial charge in [-0.25, -0.2) is 0 Å². The van der Waals surface area contributed by atoms with Crippen molar-refractivity contribution in [2.24, 2.45) is 11.8 Å². The summed E-state index contributed by atoms with van der Waals surface area (Å²) in [6.45, 7) is 2.82. The third-order valence-corrected chi connectivity index (χ3v) is 3.68. The van der Waals surface area contributed by atoms with Crippen LogP contribution < -0.4 is 34.7 Å². The number of aliphatic hydroxyl groups excluding tert-OH is 2. The number of nitrogens with zero attached hydrogens (tertiary/aromatic N) is 1. The Hall–Kier alpha value is -0.400. The van der Waals surface area contributed by atoms with Crippen molar-refractivity contribution in [1.29, 1.82) is 0 Å². The third kappa shape index (κ3) is 1.92. The Balaban J connectivity index is 0.00000162. The Labute approximate surface area is 127 Å². The topological polar surface area (TPSA) is 101 Å². The van der Waals surface area contributed by atoms with Gasteiger partial charge in [0.2, 0.25) is 5.91 Å². The molecule has 2 rings (SSSR count). The number of carboxylic acids is 1. The van der Waals surface area contributed by atoms with Crippen molar-refractivity contribution in [2.45, 2.75) is 26.0 Å². The average molecular weight is 263 g/mol. The number of aliphatic carboxylic acids is 1. The van der Waals surface area contributed by atoms with Crippen molar-refractivity contribution in [3.05, 3.63) is 11.3 Å². The Kier molecular flexibility index (Phi) is 4.61. The molecule has 1 amide bonds. The van der Waals surface area contributed by atoms with Crippen LogP contribution in [-0.2, 0) is 9.59 Å². The number of fused-ring (bicyclic) bond motifs is 1. The van der Waals surface area contributed by atoms with Crippen LogP contribution in [0.1, 0.15) is 13.8 Å². The van der Waals surface area contributed by atoms with Gasteiger partial charge in [0, 0.05) is 5.92 Å². The number of carbonyl (C=O) groups is 2. The van der Waals surface area contributed by atoms with Crippen LogP contribution in [0.2, 0.25) is 0 Å². The van der Waals surface area contributed by atoms with E-state index < -0.39 is 30.5 Å². The number of β-lactam (4-membered cyclic amide) rings is 1. The van der Waals surface area contributed by atoms with Gasteiger partial charge in [-0.2, -0.15) is 0 Å². The molecule has 6 nitrogen and oxygen atoms in total. The predicted octanol–water partition coefficient (Wildman–Crippen LogP) is -5.16. The van der Waals surface area contributed by atoms with E-state index in [-0.39, 0.29) is 47.2 Å². The quantitative estimate of drug-likeness (QED) is 0.392. The fraction of sp³-hybridized carbons (Fsp3) is 0.636. The number of carboxylic acid groups (broad SMARTS) is 1. The molecule has 0 aromatic carbocycles. The van der Waals surface area contributed by atoms with Crippen molar-refractivity contribution in [2.75, 3.05) is 6.61 Å². The van der Waals surface area contributed by atoms with Gasteiger partial charge in [-0.15, -0.1) is 0 Å². The van der Waals surface area contributed by atoms with Gasteiger partial charge in [0.15, 0.2) is 0 Å². The molecule has 0 aromatic heterocycles. The van der Waals surface area contributed by atoms with Crippen LogP contribution in [-0.4, -0.2) is 45.7 Å². The van der Waals surface area contributed by atoms with Gasteiger partial charge >= 0.3 is 29.6 Å². The predicted molar refractivity (Wildman–Crippen MR) is 54.1 cm³/mol. The largest absolute Gasteiger partial charge is 1.00 e. The first-order valence-corrected chi connectivity index (χ1v) is 5.48. The molecule has 4 atom stereocenters. The summed E-state index contributed by atoms with van der Waals surface area (Å²) in [5.74, 6) is -2.74. The van der Waals surface area contributed by atoms with Crippen molar-refractivity contribution in [3.63, 3.8) is 0 Å². The SMILES string of the molecule is C[C@@H](O)[C@H]1C(=O)N2C(C(=O)[O-])=C(CO)[C@H](C)[C@H]12.[Na+]. The van der Waals surface area contributed by atoms with E-state index in [1.54, 1.807) is 6.92 Å². The minimum Gasteiger partial charge on any atom is -0.543 e. The number of amides is 1. The van der Waals surface area contributed by atoms with Crippen LogP contribution in [0.15, 0.2) is 11.3 Å². The van der Waals surface area contributed by atoms with Crippen molar-refractivity contribution in [3.8, 4) is 0 Å². The van der Waals surface area contributed by atoms with Crippen LogP contribution in [0.3, 0.4) is 0 Å². The van der Waals surface area contributed by atoms with Gasteiger partial charge in [-0.1, -0.05) is 6.92 Å². The van der Waals surface area contributed by atoms with Crippen molar-refractivity contribution >= 4 is 11.9 Å². The van der Waals surface area contributed by atoms with E-state index in [0.29, 0.717) is 5.57 Å². The first-order chi connectivity index (χ1) is 7.91. The van der Waals surface area contributed by atoms with Crippen molar-refractivity contribution in [1.82, 2.24) is 4.90 Å². The minimum atomic E-state index is -1.46. The maximum atomic E-state index is 11.8. The summed E-state index contributed by atoms with van der Waals surface area (Å²) in [6, 6.07) is -0.377. The second-order valence-corrected chi connectivity index (χ2v) is 4.57. The van der Waals surface area contributed by atoms with Gasteiger partial charge < -0.3 is 25.0 Å². The fourth-order valence-electron chi connectivity index (χ4n) is 2.84. The first-order valence-electron chi connectivity index (χ1n) is 5.48. The number of carbonyl (C=O) groups excluding carboxylic acids is 2. The summed E-state index contributed by atoms with van der Waals surface area (Å²) in [4.78, 5) is 23.9. The van der Waals surface area contributed by atoms with Crippen LogP contribution >= 0.6 is 0 Å². The molecular weight excluding hydrogens is 249 g/mol. The second kappa shape index (κ2) is 5.30. The smallest absolute Gasteiger partial charge is 0.543 e. The summed E-state index contributed by atoms with van der Waals surface area (Å²) in [7, 11) is 0. The number of aliphatic hydroxyl groups is 2. The zero-order valence-electron chi connectivity index (χ0n) is 10.6. The maximum Gasteiger partial charge on any atom is 1.00 e. The molecule has 0 aliphatic carbocycles. The zero-order chi connectivity index (χ0) is 12.9. The van der Waals surface area contributed by atoms with Crippen LogP contribution in [0.4, 0.5) is 0 Å². The Morgan fingerprint density at radius 1 is 1.56 bits per heavy atom. The van der Waals surface area contributed by atoms with E-state index in [1.165, 1.54) is 6.92 Å². The van der Waals surface area contributed by atoms with Crippen LogP contribution in [0.25, 0.3) is 0 Å². The standard InChI is InChI=1S/C11H15NO5.Na/c1-4-6(3-13)9(11(16)17)12-8(4)7(5(2)14)10(12)15;/h4-5,7-8,13-14H,3H2,1-2H3,(H,16,17);/q;+1/p-1/t4-,5+,7+,8+;/m0./s1. The molecule has 0 radical (unpaired) electrons. The summed E-state index contributed by atoms with van der Waals surface area (Å²) >= 11 is 0. The van der Waals surface area contributed by atoms with E-state index in [0.717, 1.165) is 4.90 Å². The molecule has 0 spiro atoms. The first kappa shape index (κ1) is 15.7. The van der Waals surface area contributed by atoms with Gasteiger partial charge in [0.25, 0.3) is 0 Å². The van der Waals surface area contributed by atoms with E-state index in [9.17, 15) is 24.9 Å². The van der Waals surface area contributed by atoms with Crippen LogP contribution in [0.5, 0.6) is 0 Å². The Morgan fingerprint density at radius 2 is 2.11 bits per heavy atom. The number of hydrogen-bond donors (Lipinski definition) is 2. The Morgan fingerprint density at radius 3 is 2.50 bits per heavy atom. The molecule has 0 saturated carbocycles. The van der Waals surface area contributed by atoms with Gasteiger partial charge in [0.05, 0.1) is 36.3 Å². The molecule has 1 saturated heterocycles. The zero-order valence-corrected chi connectivity index (χ0v) is 12.6. The van der Waals surface area contributed by atoms with E-state index in [2.05, 4.69) is 0 Å². The normalized spacial score (nSPS) is 31.7. The molecule has 2 N–H and O–H groups in total. The molecule has 18 heavy (non-hydrogen) atoms. The van der Waals surface area contributed by atoms with Gasteiger partial charge in [-0.3, -0.25) is 4.79 Å². The minimum absolute atomic E-state index is 0. The van der Waals surface area contributed by atoms with Crippen LogP contribution in [0, 0.1) is 11.8 Å². The third-order valence-electron chi connectivity index (χ3n) is 3.68. The summed E-state index contributed by atoms with van der Waals surface area (Å²) < 4.78 is 0. The maximum absolute atomic E-state index is 11.8. The van der Waals surface area contributed by atoms with Gasteiger partial charge in [-0.05, 0) is 12.5 Å².